The van der Waals surface area contributed by atoms with Gasteiger partial charge in [-0.2, -0.15) is 0 Å². The first-order chi connectivity index (χ1) is 4.75. The maximum Gasteiger partial charge on any atom is 0.183 e. The molecule has 0 aliphatic rings. The molecule has 0 bridgehead atoms. The van der Waals surface area contributed by atoms with E-state index in [-0.39, 0.29) is 12.4 Å². The molecule has 0 N–H and O–H groups in total. The van der Waals surface area contributed by atoms with Gasteiger partial charge in [-0.25, -0.2) is 4.57 Å². The van der Waals surface area contributed by atoms with Crippen molar-refractivity contribution >= 4 is 0 Å². The van der Waals surface area contributed by atoms with Crippen LogP contribution in [0.1, 0.15) is 18.2 Å². The van der Waals surface area contributed by atoms with Crippen LogP contribution in [0.25, 0.3) is 0 Å². The molecule has 0 unspecified atom stereocenters. The van der Waals surface area contributed by atoms with Gasteiger partial charge in [0.15, 0.2) is 11.9 Å². The average molecular weight is 172 g/mol. The fourth-order valence-corrected chi connectivity index (χ4v) is 1.31. The number of pyridine rings is 1. The predicted octanol–water partition coefficient (Wildman–Crippen LogP) is -1.61. The second kappa shape index (κ2) is 4.35. The molecule has 0 aliphatic carbocycles. The molecule has 0 aromatic carbocycles. The molecular formula is C9H14ClN. The third-order valence-corrected chi connectivity index (χ3v) is 1.87. The fourth-order valence-electron chi connectivity index (χ4n) is 1.31. The molecule has 1 nitrogen and oxygen atoms in total. The Morgan fingerprint density at radius 1 is 1.45 bits per heavy atom. The first kappa shape index (κ1) is 10.4. The molecule has 2 heteroatoms. The fraction of sp³-hybridized carbons (Fsp3) is 0.444. The molecule has 0 fully saturated rings. The number of hydrogen-bond donors (Lipinski definition) is 0. The number of rotatable bonds is 1. The Morgan fingerprint density at radius 3 is 2.45 bits per heavy atom. The zero-order valence-corrected chi connectivity index (χ0v) is 8.02. The van der Waals surface area contributed by atoms with E-state index in [1.54, 1.807) is 0 Å². The first-order valence-electron chi connectivity index (χ1n) is 3.70. The number of aromatic nitrogens is 1. The van der Waals surface area contributed by atoms with E-state index in [1.807, 2.05) is 0 Å². The summed E-state index contributed by atoms with van der Waals surface area (Å²) in [5.41, 5.74) is 2.80. The Hall–Kier alpha value is -0.560. The SMILES string of the molecule is CCc1c(C)ccc[n+]1C.[Cl-]. The molecular weight excluding hydrogens is 158 g/mol. The van der Waals surface area contributed by atoms with Crippen LogP contribution in [-0.4, -0.2) is 0 Å². The van der Waals surface area contributed by atoms with Crippen molar-refractivity contribution in [2.24, 2.45) is 7.05 Å². The van der Waals surface area contributed by atoms with Crippen LogP contribution in [0, 0.1) is 6.92 Å². The van der Waals surface area contributed by atoms with Gasteiger partial charge in [-0.15, -0.1) is 0 Å². The number of halogens is 1. The monoisotopic (exact) mass is 171 g/mol. The molecule has 0 amide bonds. The third kappa shape index (κ3) is 2.19. The van der Waals surface area contributed by atoms with Crippen molar-refractivity contribution in [2.75, 3.05) is 0 Å². The van der Waals surface area contributed by atoms with Gasteiger partial charge in [0.1, 0.15) is 7.05 Å². The van der Waals surface area contributed by atoms with E-state index in [2.05, 4.69) is 43.8 Å². The summed E-state index contributed by atoms with van der Waals surface area (Å²) < 4.78 is 2.18. The number of hydrogen-bond acceptors (Lipinski definition) is 0. The van der Waals surface area contributed by atoms with Crippen LogP contribution >= 0.6 is 0 Å². The highest BCUT2D eigenvalue weighted by atomic mass is 35.5. The minimum absolute atomic E-state index is 0. The van der Waals surface area contributed by atoms with Gasteiger partial charge in [-0.05, 0) is 13.0 Å². The highest BCUT2D eigenvalue weighted by molar-refractivity contribution is 5.12. The Kier molecular flexibility index (Phi) is 4.12. The Labute approximate surface area is 74.5 Å². The van der Waals surface area contributed by atoms with Gasteiger partial charge >= 0.3 is 0 Å². The normalized spacial score (nSPS) is 9.00. The van der Waals surface area contributed by atoms with E-state index in [0.717, 1.165) is 6.42 Å². The standard InChI is InChI=1S/C9H14N.ClH/c1-4-9-8(2)6-5-7-10(9)3;/h5-7H,4H2,1-3H3;1H/q+1;/p-1. The van der Waals surface area contributed by atoms with Crippen LogP contribution in [0.5, 0.6) is 0 Å². The lowest BCUT2D eigenvalue weighted by Crippen LogP contribution is -3.00. The topological polar surface area (TPSA) is 3.88 Å². The van der Waals surface area contributed by atoms with Crippen molar-refractivity contribution in [1.29, 1.82) is 0 Å². The zero-order valence-electron chi connectivity index (χ0n) is 7.26. The first-order valence-corrected chi connectivity index (χ1v) is 3.70. The van der Waals surface area contributed by atoms with E-state index in [1.165, 1.54) is 11.3 Å². The van der Waals surface area contributed by atoms with Crippen molar-refractivity contribution in [3.63, 3.8) is 0 Å². The molecule has 0 saturated carbocycles. The molecule has 11 heavy (non-hydrogen) atoms. The van der Waals surface area contributed by atoms with E-state index in [4.69, 9.17) is 0 Å². The summed E-state index contributed by atoms with van der Waals surface area (Å²) >= 11 is 0. The lowest BCUT2D eigenvalue weighted by molar-refractivity contribution is -0.679. The smallest absolute Gasteiger partial charge is 0.183 e. The van der Waals surface area contributed by atoms with Crippen LogP contribution < -0.4 is 17.0 Å². The molecule has 1 rings (SSSR count). The van der Waals surface area contributed by atoms with Gasteiger partial charge in [0, 0.05) is 18.1 Å². The van der Waals surface area contributed by atoms with Crippen LogP contribution in [0.2, 0.25) is 0 Å². The van der Waals surface area contributed by atoms with Crippen LogP contribution in [0.15, 0.2) is 18.3 Å². The van der Waals surface area contributed by atoms with Crippen molar-refractivity contribution in [2.45, 2.75) is 20.3 Å². The van der Waals surface area contributed by atoms with Crippen LogP contribution in [-0.2, 0) is 13.5 Å². The van der Waals surface area contributed by atoms with Gasteiger partial charge in [-0.1, -0.05) is 6.92 Å². The predicted molar refractivity (Wildman–Crippen MR) is 41.7 cm³/mol. The summed E-state index contributed by atoms with van der Waals surface area (Å²) in [5, 5.41) is 0. The van der Waals surface area contributed by atoms with E-state index in [0.29, 0.717) is 0 Å². The highest BCUT2D eigenvalue weighted by Gasteiger charge is 2.04. The highest BCUT2D eigenvalue weighted by Crippen LogP contribution is 2.00. The lowest BCUT2D eigenvalue weighted by Gasteiger charge is -1.98. The van der Waals surface area contributed by atoms with Gasteiger partial charge in [0.2, 0.25) is 0 Å². The second-order valence-electron chi connectivity index (χ2n) is 2.60. The Morgan fingerprint density at radius 2 is 2.09 bits per heavy atom. The molecule has 0 atom stereocenters. The molecule has 0 radical (unpaired) electrons. The van der Waals surface area contributed by atoms with Gasteiger partial charge in [0.25, 0.3) is 0 Å². The maximum absolute atomic E-state index is 2.18. The van der Waals surface area contributed by atoms with Crippen molar-refractivity contribution < 1.29 is 17.0 Å². The maximum atomic E-state index is 2.18. The minimum Gasteiger partial charge on any atom is -1.00 e. The minimum atomic E-state index is 0. The summed E-state index contributed by atoms with van der Waals surface area (Å²) in [6, 6.07) is 4.23. The quantitative estimate of drug-likeness (QED) is 0.448. The van der Waals surface area contributed by atoms with Crippen molar-refractivity contribution in [1.82, 2.24) is 0 Å². The second-order valence-corrected chi connectivity index (χ2v) is 2.60. The molecule has 1 heterocycles. The van der Waals surface area contributed by atoms with Crippen LogP contribution in [0.4, 0.5) is 0 Å². The number of aryl methyl sites for hydroxylation is 2. The molecule has 62 valence electrons. The van der Waals surface area contributed by atoms with Crippen LogP contribution in [0.3, 0.4) is 0 Å². The van der Waals surface area contributed by atoms with E-state index < -0.39 is 0 Å². The Bertz CT molecular complexity index is 213. The largest absolute Gasteiger partial charge is 1.00 e. The van der Waals surface area contributed by atoms with Crippen molar-refractivity contribution in [3.8, 4) is 0 Å². The Balaban J connectivity index is 0.000001000. The summed E-state index contributed by atoms with van der Waals surface area (Å²) in [5.74, 6) is 0. The lowest BCUT2D eigenvalue weighted by atomic mass is 10.2. The van der Waals surface area contributed by atoms with E-state index in [9.17, 15) is 0 Å². The molecule has 0 aliphatic heterocycles. The molecule has 0 saturated heterocycles. The van der Waals surface area contributed by atoms with Crippen molar-refractivity contribution in [3.05, 3.63) is 29.6 Å². The summed E-state index contributed by atoms with van der Waals surface area (Å²) in [7, 11) is 2.09. The average Bonchev–Trinajstić information content (AvgIpc) is 1.88. The number of nitrogens with zero attached hydrogens (tertiary/aromatic N) is 1. The van der Waals surface area contributed by atoms with Gasteiger partial charge in [-0.3, -0.25) is 0 Å². The zero-order chi connectivity index (χ0) is 7.56. The van der Waals surface area contributed by atoms with Gasteiger partial charge in [0.05, 0.1) is 0 Å². The van der Waals surface area contributed by atoms with Gasteiger partial charge < -0.3 is 12.4 Å². The summed E-state index contributed by atoms with van der Waals surface area (Å²) in [6.45, 7) is 4.33. The third-order valence-electron chi connectivity index (χ3n) is 1.87. The molecule has 1 aromatic rings. The summed E-state index contributed by atoms with van der Waals surface area (Å²) in [4.78, 5) is 0. The molecule has 1 aromatic heterocycles. The molecule has 0 spiro atoms. The summed E-state index contributed by atoms with van der Waals surface area (Å²) in [6.07, 6.45) is 3.20. The van der Waals surface area contributed by atoms with E-state index >= 15 is 0 Å².